The third-order valence-electron chi connectivity index (χ3n) is 4.11. The zero-order valence-electron chi connectivity index (χ0n) is 10.9. The molecule has 0 radical (unpaired) electrons. The molecule has 2 N–H and O–H groups in total. The molecule has 2 rings (SSSR count). The molecule has 2 aliphatic heterocycles. The molecule has 112 valence electrons. The van der Waals surface area contributed by atoms with Crippen LogP contribution in [-0.2, 0) is 9.59 Å². The Labute approximate surface area is 135 Å². The molecule has 0 saturated heterocycles. The highest BCUT2D eigenvalue weighted by Crippen LogP contribution is 2.70. The highest BCUT2D eigenvalue weighted by molar-refractivity contribution is 8.10. The lowest BCUT2D eigenvalue weighted by atomic mass is 9.80. The van der Waals surface area contributed by atoms with Gasteiger partial charge in [-0.2, -0.15) is 0 Å². The minimum Gasteiger partial charge on any atom is -0.480 e. The number of alkyl halides is 2. The van der Waals surface area contributed by atoms with E-state index in [4.69, 9.17) is 23.2 Å². The Morgan fingerprint density at radius 3 is 1.50 bits per heavy atom. The zero-order valence-corrected chi connectivity index (χ0v) is 14.0. The van der Waals surface area contributed by atoms with Crippen LogP contribution in [0, 0.1) is 10.8 Å². The molecule has 8 heteroatoms. The third kappa shape index (κ3) is 1.77. The van der Waals surface area contributed by atoms with E-state index >= 15 is 0 Å². The van der Waals surface area contributed by atoms with Gasteiger partial charge in [0.25, 0.3) is 0 Å². The summed E-state index contributed by atoms with van der Waals surface area (Å²) in [7, 11) is 0. The van der Waals surface area contributed by atoms with E-state index in [2.05, 4.69) is 0 Å². The van der Waals surface area contributed by atoms with Crippen molar-refractivity contribution >= 4 is 58.7 Å². The number of carboxylic acids is 2. The number of carboxylic acid groups (broad SMARTS) is 2. The summed E-state index contributed by atoms with van der Waals surface area (Å²) >= 11 is 14.8. The van der Waals surface area contributed by atoms with Crippen molar-refractivity contribution < 1.29 is 19.8 Å². The van der Waals surface area contributed by atoms with Crippen molar-refractivity contribution in [1.82, 2.24) is 0 Å². The fraction of sp³-hybridized carbons (Fsp3) is 0.667. The molecule has 0 spiro atoms. The fourth-order valence-electron chi connectivity index (χ4n) is 2.67. The predicted octanol–water partition coefficient (Wildman–Crippen LogP) is 3.78. The number of rotatable bonds is 4. The lowest BCUT2D eigenvalue weighted by Crippen LogP contribution is -2.37. The molecule has 0 aliphatic carbocycles. The number of hydrogen-bond donors (Lipinski definition) is 2. The van der Waals surface area contributed by atoms with Crippen LogP contribution in [0.2, 0.25) is 0 Å². The Balaban J connectivity index is 2.64. The van der Waals surface area contributed by atoms with Gasteiger partial charge in [-0.05, 0) is 12.8 Å². The van der Waals surface area contributed by atoms with E-state index in [0.29, 0.717) is 22.7 Å². The van der Waals surface area contributed by atoms with Crippen molar-refractivity contribution in [3.63, 3.8) is 0 Å². The molecule has 0 aromatic carbocycles. The van der Waals surface area contributed by atoms with Crippen LogP contribution in [-0.4, -0.2) is 31.6 Å². The van der Waals surface area contributed by atoms with Crippen molar-refractivity contribution in [3.05, 3.63) is 9.81 Å². The molecule has 0 saturated carbocycles. The number of hydrogen-bond acceptors (Lipinski definition) is 4. The van der Waals surface area contributed by atoms with Crippen LogP contribution in [0.25, 0.3) is 0 Å². The molecule has 4 atom stereocenters. The summed E-state index contributed by atoms with van der Waals surface area (Å²) in [6, 6.07) is 0. The number of aliphatic carboxylic acids is 2. The molecule has 4 unspecified atom stereocenters. The van der Waals surface area contributed by atoms with Gasteiger partial charge in [-0.3, -0.25) is 9.59 Å². The maximum Gasteiger partial charge on any atom is 0.317 e. The van der Waals surface area contributed by atoms with E-state index in [0.717, 1.165) is 23.5 Å². The van der Waals surface area contributed by atoms with Gasteiger partial charge in [0, 0.05) is 9.81 Å². The summed E-state index contributed by atoms with van der Waals surface area (Å²) in [5.41, 5.74) is -2.49. The molecular formula is C12H14Cl2O4S2. The summed E-state index contributed by atoms with van der Waals surface area (Å²) in [6.45, 7) is 3.49. The Bertz CT molecular complexity index is 466. The van der Waals surface area contributed by atoms with Crippen molar-refractivity contribution in [2.24, 2.45) is 10.8 Å². The Kier molecular flexibility index (Phi) is 4.33. The number of halogens is 2. The van der Waals surface area contributed by atoms with E-state index in [9.17, 15) is 19.8 Å². The molecule has 4 nitrogen and oxygen atoms in total. The van der Waals surface area contributed by atoms with Crippen molar-refractivity contribution in [3.8, 4) is 0 Å². The van der Waals surface area contributed by atoms with Gasteiger partial charge in [0.05, 0.1) is 0 Å². The smallest absolute Gasteiger partial charge is 0.317 e. The molecule has 0 amide bonds. The molecule has 20 heavy (non-hydrogen) atoms. The average molecular weight is 357 g/mol. The minimum atomic E-state index is -1.24. The SMILES string of the molecule is CCC1(C(=O)O)C2=C(SC1Cl)C(CC)(C(=O)O)C(Cl)S2. The highest BCUT2D eigenvalue weighted by atomic mass is 35.5. The van der Waals surface area contributed by atoms with Gasteiger partial charge >= 0.3 is 11.9 Å². The molecular weight excluding hydrogens is 343 g/mol. The van der Waals surface area contributed by atoms with Gasteiger partial charge in [-0.1, -0.05) is 13.8 Å². The van der Waals surface area contributed by atoms with E-state index in [1.54, 1.807) is 13.8 Å². The summed E-state index contributed by atoms with van der Waals surface area (Å²) < 4.78 is -1.42. The van der Waals surface area contributed by atoms with Gasteiger partial charge in [-0.15, -0.1) is 46.7 Å². The molecule has 0 aromatic heterocycles. The molecule has 0 bridgehead atoms. The zero-order chi connectivity index (χ0) is 15.3. The second-order valence-corrected chi connectivity index (χ2v) is 8.41. The van der Waals surface area contributed by atoms with E-state index < -0.39 is 32.2 Å². The maximum atomic E-state index is 11.7. The van der Waals surface area contributed by atoms with Crippen molar-refractivity contribution in [2.75, 3.05) is 0 Å². The first-order chi connectivity index (χ1) is 9.28. The first kappa shape index (κ1) is 16.3. The largest absolute Gasteiger partial charge is 0.480 e. The van der Waals surface area contributed by atoms with Crippen LogP contribution in [0.3, 0.4) is 0 Å². The fourth-order valence-corrected chi connectivity index (χ4v) is 7.77. The van der Waals surface area contributed by atoms with Gasteiger partial charge in [0.1, 0.15) is 20.2 Å². The number of thioether (sulfide) groups is 2. The second-order valence-electron chi connectivity index (χ2n) is 4.79. The first-order valence-corrected chi connectivity index (χ1v) is 8.75. The van der Waals surface area contributed by atoms with Crippen LogP contribution in [0.1, 0.15) is 26.7 Å². The molecule has 2 heterocycles. The Hall–Kier alpha value is -0.0400. The van der Waals surface area contributed by atoms with E-state index in [1.807, 2.05) is 0 Å². The van der Waals surface area contributed by atoms with Crippen LogP contribution in [0.15, 0.2) is 9.81 Å². The van der Waals surface area contributed by atoms with Crippen LogP contribution in [0.4, 0.5) is 0 Å². The molecule has 0 fully saturated rings. The minimum absolute atomic E-state index is 0.304. The van der Waals surface area contributed by atoms with Crippen molar-refractivity contribution in [2.45, 2.75) is 36.1 Å². The van der Waals surface area contributed by atoms with Gasteiger partial charge in [0.2, 0.25) is 0 Å². The molecule has 2 aliphatic rings. The standard InChI is InChI=1S/C12H14Cl2O4S2/c1-3-11(9(15)16)5-6(20-7(11)13)12(4-2,10(17)18)8(14)19-5/h7-8H,3-4H2,1-2H3,(H,15,16)(H,17,18). The quantitative estimate of drug-likeness (QED) is 0.746. The van der Waals surface area contributed by atoms with Crippen molar-refractivity contribution in [1.29, 1.82) is 0 Å². The van der Waals surface area contributed by atoms with Crippen LogP contribution < -0.4 is 0 Å². The monoisotopic (exact) mass is 356 g/mol. The lowest BCUT2D eigenvalue weighted by Gasteiger charge is -2.31. The first-order valence-electron chi connectivity index (χ1n) is 6.12. The summed E-state index contributed by atoms with van der Waals surface area (Å²) in [5.74, 6) is -2.04. The second kappa shape index (κ2) is 5.30. The highest BCUT2D eigenvalue weighted by Gasteiger charge is 2.65. The van der Waals surface area contributed by atoms with Gasteiger partial charge in [0.15, 0.2) is 0 Å². The van der Waals surface area contributed by atoms with Gasteiger partial charge < -0.3 is 10.2 Å². The lowest BCUT2D eigenvalue weighted by molar-refractivity contribution is -0.147. The number of carbonyl (C=O) groups is 2. The van der Waals surface area contributed by atoms with E-state index in [-0.39, 0.29) is 0 Å². The Morgan fingerprint density at radius 2 is 1.30 bits per heavy atom. The summed E-state index contributed by atoms with van der Waals surface area (Å²) in [5, 5.41) is 19.2. The van der Waals surface area contributed by atoms with E-state index in [1.165, 1.54) is 0 Å². The van der Waals surface area contributed by atoms with Gasteiger partial charge in [-0.25, -0.2) is 0 Å². The van der Waals surface area contributed by atoms with Crippen LogP contribution >= 0.6 is 46.7 Å². The summed E-state index contributed by atoms with van der Waals surface area (Å²) in [4.78, 5) is 24.6. The Morgan fingerprint density at radius 1 is 1.00 bits per heavy atom. The average Bonchev–Trinajstić information content (AvgIpc) is 2.79. The predicted molar refractivity (Wildman–Crippen MR) is 82.2 cm³/mol. The molecule has 0 aromatic rings. The normalized spacial score (nSPS) is 40.0. The topological polar surface area (TPSA) is 74.6 Å². The van der Waals surface area contributed by atoms with Crippen LogP contribution in [0.5, 0.6) is 0 Å². The maximum absolute atomic E-state index is 11.7. The summed E-state index contributed by atoms with van der Waals surface area (Å²) in [6.07, 6.45) is 0.608. The third-order valence-corrected chi connectivity index (χ3v) is 8.35.